The van der Waals surface area contributed by atoms with Gasteiger partial charge in [-0.05, 0) is 49.0 Å². The molecule has 2 aromatic rings. The first-order valence-electron chi connectivity index (χ1n) is 7.59. The van der Waals surface area contributed by atoms with E-state index in [0.717, 1.165) is 36.3 Å². The highest BCUT2D eigenvalue weighted by atomic mass is 32.2. The van der Waals surface area contributed by atoms with Gasteiger partial charge in [0.15, 0.2) is 0 Å². The Balaban J connectivity index is 1.79. The summed E-state index contributed by atoms with van der Waals surface area (Å²) in [6, 6.07) is 5.49. The fraction of sp³-hybridized carbons (Fsp3) is 0.500. The lowest BCUT2D eigenvalue weighted by Gasteiger charge is -2.32. The number of hydrogen-bond acceptors (Lipinski definition) is 4. The van der Waals surface area contributed by atoms with Gasteiger partial charge >= 0.3 is 0 Å². The van der Waals surface area contributed by atoms with Gasteiger partial charge < -0.3 is 15.0 Å². The molecule has 5 nitrogen and oxygen atoms in total. The van der Waals surface area contributed by atoms with Gasteiger partial charge in [-0.3, -0.25) is 4.79 Å². The third-order valence-electron chi connectivity index (χ3n) is 4.14. The molecule has 1 fully saturated rings. The van der Waals surface area contributed by atoms with E-state index < -0.39 is 0 Å². The molecule has 2 N–H and O–H groups in total. The van der Waals surface area contributed by atoms with Crippen LogP contribution in [0.3, 0.4) is 0 Å². The maximum Gasteiger partial charge on any atom is 0.253 e. The second kappa shape index (κ2) is 6.71. The molecule has 0 spiro atoms. The second-order valence-electron chi connectivity index (χ2n) is 5.79. The maximum atomic E-state index is 12.7. The van der Waals surface area contributed by atoms with Crippen molar-refractivity contribution in [2.75, 3.05) is 25.1 Å². The number of fused-ring (bicyclic) bond motifs is 1. The lowest BCUT2D eigenvalue weighted by Crippen LogP contribution is -2.40. The number of nitrogens with one attached hydrogen (secondary N) is 1. The van der Waals surface area contributed by atoms with E-state index in [4.69, 9.17) is 5.11 Å². The first-order valence-corrected chi connectivity index (χ1v) is 8.98. The molecule has 1 aromatic carbocycles. The molecule has 0 bridgehead atoms. The predicted molar refractivity (Wildman–Crippen MR) is 89.0 cm³/mol. The van der Waals surface area contributed by atoms with Crippen molar-refractivity contribution in [1.82, 2.24) is 14.9 Å². The number of hydrogen-bond donors (Lipinski definition) is 2. The molecule has 3 rings (SSSR count). The summed E-state index contributed by atoms with van der Waals surface area (Å²) in [6.45, 7) is 1.57. The molecule has 6 heteroatoms. The number of H-pyrrole nitrogens is 1. The molecule has 1 saturated heterocycles. The van der Waals surface area contributed by atoms with Crippen LogP contribution in [-0.2, 0) is 6.61 Å². The van der Waals surface area contributed by atoms with Crippen molar-refractivity contribution in [3.05, 3.63) is 29.6 Å². The topological polar surface area (TPSA) is 69.2 Å². The highest BCUT2D eigenvalue weighted by Crippen LogP contribution is 2.22. The average Bonchev–Trinajstić information content (AvgIpc) is 2.97. The van der Waals surface area contributed by atoms with E-state index in [1.165, 1.54) is 6.42 Å². The number of imidazole rings is 1. The molecule has 1 aliphatic heterocycles. The SMILES string of the molecule is CSCC1CCCN(C(=O)c2ccc3nc(CO)[nH]c3c2)C1. The number of aromatic nitrogens is 2. The van der Waals surface area contributed by atoms with Crippen molar-refractivity contribution in [1.29, 1.82) is 0 Å². The van der Waals surface area contributed by atoms with Crippen LogP contribution in [0, 0.1) is 5.92 Å². The van der Waals surface area contributed by atoms with E-state index >= 15 is 0 Å². The number of carbonyl (C=O) groups excluding carboxylic acids is 1. The number of aliphatic hydroxyl groups is 1. The number of benzene rings is 1. The number of aliphatic hydroxyl groups excluding tert-OH is 1. The molecule has 22 heavy (non-hydrogen) atoms. The van der Waals surface area contributed by atoms with Crippen LogP contribution >= 0.6 is 11.8 Å². The van der Waals surface area contributed by atoms with Crippen LogP contribution in [0.4, 0.5) is 0 Å². The van der Waals surface area contributed by atoms with E-state index in [2.05, 4.69) is 16.2 Å². The van der Waals surface area contributed by atoms with E-state index in [1.807, 2.05) is 34.9 Å². The molecule has 1 aliphatic rings. The molecular formula is C16H21N3O2S. The summed E-state index contributed by atoms with van der Waals surface area (Å²) in [5, 5.41) is 9.13. The maximum absolute atomic E-state index is 12.7. The lowest BCUT2D eigenvalue weighted by atomic mass is 9.99. The van der Waals surface area contributed by atoms with Crippen LogP contribution in [0.15, 0.2) is 18.2 Å². The standard InChI is InChI=1S/C16H21N3O2S/c1-22-10-11-3-2-6-19(8-11)16(21)12-4-5-13-14(7-12)18-15(9-20)17-13/h4-5,7,11,20H,2-3,6,8-10H2,1H3,(H,17,18). The molecule has 0 aliphatic carbocycles. The number of carbonyl (C=O) groups is 1. The average molecular weight is 319 g/mol. The summed E-state index contributed by atoms with van der Waals surface area (Å²) < 4.78 is 0. The van der Waals surface area contributed by atoms with E-state index in [-0.39, 0.29) is 12.5 Å². The van der Waals surface area contributed by atoms with Gasteiger partial charge in [-0.25, -0.2) is 4.98 Å². The van der Waals surface area contributed by atoms with Gasteiger partial charge in [-0.1, -0.05) is 0 Å². The molecule has 0 radical (unpaired) electrons. The van der Waals surface area contributed by atoms with Crippen LogP contribution in [0.1, 0.15) is 29.0 Å². The minimum absolute atomic E-state index is 0.0906. The quantitative estimate of drug-likeness (QED) is 0.907. The highest BCUT2D eigenvalue weighted by molar-refractivity contribution is 7.98. The molecule has 1 aromatic heterocycles. The van der Waals surface area contributed by atoms with E-state index in [9.17, 15) is 4.79 Å². The minimum Gasteiger partial charge on any atom is -0.388 e. The fourth-order valence-corrected chi connectivity index (χ4v) is 3.82. The Bertz CT molecular complexity index is 668. The first-order chi connectivity index (χ1) is 10.7. The van der Waals surface area contributed by atoms with Crippen LogP contribution in [0.5, 0.6) is 0 Å². The van der Waals surface area contributed by atoms with Gasteiger partial charge in [-0.2, -0.15) is 11.8 Å². The zero-order valence-corrected chi connectivity index (χ0v) is 13.5. The number of aromatic amines is 1. The lowest BCUT2D eigenvalue weighted by molar-refractivity contribution is 0.0685. The molecule has 118 valence electrons. The minimum atomic E-state index is -0.125. The fourth-order valence-electron chi connectivity index (χ4n) is 3.07. The normalized spacial score (nSPS) is 18.8. The molecule has 1 atom stereocenters. The summed E-state index contributed by atoms with van der Waals surface area (Å²) in [6.07, 6.45) is 4.41. The summed E-state index contributed by atoms with van der Waals surface area (Å²) in [4.78, 5) is 22.0. The van der Waals surface area contributed by atoms with Gasteiger partial charge in [0.1, 0.15) is 12.4 Å². The number of amides is 1. The number of thioether (sulfide) groups is 1. The van der Waals surface area contributed by atoms with Crippen molar-refractivity contribution in [3.63, 3.8) is 0 Å². The summed E-state index contributed by atoms with van der Waals surface area (Å²) in [5.41, 5.74) is 2.26. The summed E-state index contributed by atoms with van der Waals surface area (Å²) >= 11 is 1.85. The first kappa shape index (κ1) is 15.4. The highest BCUT2D eigenvalue weighted by Gasteiger charge is 2.24. The third kappa shape index (κ3) is 3.13. The predicted octanol–water partition coefficient (Wildman–Crippen LogP) is 2.27. The zero-order chi connectivity index (χ0) is 15.5. The Morgan fingerprint density at radius 3 is 3.18 bits per heavy atom. The molecule has 0 saturated carbocycles. The van der Waals surface area contributed by atoms with Crippen molar-refractivity contribution >= 4 is 28.7 Å². The van der Waals surface area contributed by atoms with Gasteiger partial charge in [0.2, 0.25) is 0 Å². The van der Waals surface area contributed by atoms with Gasteiger partial charge in [-0.15, -0.1) is 0 Å². The summed E-state index contributed by atoms with van der Waals surface area (Å²) in [7, 11) is 0. The monoisotopic (exact) mass is 319 g/mol. The van der Waals surface area contributed by atoms with Crippen molar-refractivity contribution in [2.45, 2.75) is 19.4 Å². The van der Waals surface area contributed by atoms with Gasteiger partial charge in [0, 0.05) is 18.7 Å². The zero-order valence-electron chi connectivity index (χ0n) is 12.7. The van der Waals surface area contributed by atoms with Crippen LogP contribution < -0.4 is 0 Å². The molecule has 2 heterocycles. The van der Waals surface area contributed by atoms with Crippen LogP contribution in [-0.4, -0.2) is 51.0 Å². The Hall–Kier alpha value is -1.53. The van der Waals surface area contributed by atoms with E-state index in [1.54, 1.807) is 0 Å². The molecule has 1 unspecified atom stereocenters. The number of rotatable bonds is 4. The van der Waals surface area contributed by atoms with Crippen LogP contribution in [0.25, 0.3) is 11.0 Å². The number of likely N-dealkylation sites (tertiary alicyclic amines) is 1. The number of piperidine rings is 1. The van der Waals surface area contributed by atoms with Crippen LogP contribution in [0.2, 0.25) is 0 Å². The van der Waals surface area contributed by atoms with Crippen molar-refractivity contribution < 1.29 is 9.90 Å². The van der Waals surface area contributed by atoms with Gasteiger partial charge in [0.25, 0.3) is 5.91 Å². The largest absolute Gasteiger partial charge is 0.388 e. The van der Waals surface area contributed by atoms with Crippen molar-refractivity contribution in [3.8, 4) is 0 Å². The summed E-state index contributed by atoms with van der Waals surface area (Å²) in [5.74, 6) is 2.33. The molecular weight excluding hydrogens is 298 g/mol. The molecule has 1 amide bonds. The smallest absolute Gasteiger partial charge is 0.253 e. The van der Waals surface area contributed by atoms with Gasteiger partial charge in [0.05, 0.1) is 11.0 Å². The van der Waals surface area contributed by atoms with E-state index in [0.29, 0.717) is 17.3 Å². The Morgan fingerprint density at radius 2 is 2.41 bits per heavy atom. The van der Waals surface area contributed by atoms with Crippen molar-refractivity contribution in [2.24, 2.45) is 5.92 Å². The second-order valence-corrected chi connectivity index (χ2v) is 6.70. The third-order valence-corrected chi connectivity index (χ3v) is 4.94. The Labute approximate surface area is 134 Å². The number of nitrogens with zero attached hydrogens (tertiary/aromatic N) is 2. The Kier molecular flexibility index (Phi) is 4.69. The Morgan fingerprint density at radius 1 is 1.55 bits per heavy atom.